The van der Waals surface area contributed by atoms with Gasteiger partial charge in [0.05, 0.1) is 11.1 Å². The average molecular weight is 289 g/mol. The highest BCUT2D eigenvalue weighted by Crippen LogP contribution is 2.45. The normalized spacial score (nSPS) is 11.6. The summed E-state index contributed by atoms with van der Waals surface area (Å²) in [5.41, 5.74) is -2.69. The molecule has 2 aromatic rings. The lowest BCUT2D eigenvalue weighted by molar-refractivity contribution is -0.137. The first-order chi connectivity index (χ1) is 9.21. The van der Waals surface area contributed by atoms with Crippen LogP contribution >= 0.6 is 0 Å². The summed E-state index contributed by atoms with van der Waals surface area (Å²) in [7, 11) is 0. The molecule has 0 aliphatic carbocycles. The summed E-state index contributed by atoms with van der Waals surface area (Å²) in [4.78, 5) is 10.6. The molecule has 0 aliphatic rings. The molecule has 9 heteroatoms. The van der Waals surface area contributed by atoms with Crippen LogP contribution in [-0.4, -0.2) is 26.4 Å². The van der Waals surface area contributed by atoms with Crippen molar-refractivity contribution in [3.63, 3.8) is 0 Å². The summed E-state index contributed by atoms with van der Waals surface area (Å²) in [5, 5.41) is 30.6. The Kier molecular flexibility index (Phi) is 3.04. The van der Waals surface area contributed by atoms with Crippen LogP contribution in [0.1, 0.15) is 16.1 Å². The molecule has 0 saturated heterocycles. The SMILES string of the molecule is O=C(O)c1cc(-c2c(C(F)(F)F)ccc(O)c2O)no1. The van der Waals surface area contributed by atoms with Crippen LogP contribution in [0, 0.1) is 0 Å². The zero-order valence-electron chi connectivity index (χ0n) is 9.47. The molecule has 1 heterocycles. The van der Waals surface area contributed by atoms with Crippen LogP contribution in [0.5, 0.6) is 11.5 Å². The minimum Gasteiger partial charge on any atom is -0.504 e. The number of benzene rings is 1. The van der Waals surface area contributed by atoms with Gasteiger partial charge in [0.25, 0.3) is 0 Å². The van der Waals surface area contributed by atoms with Crippen LogP contribution in [0.3, 0.4) is 0 Å². The number of phenols is 2. The Hall–Kier alpha value is -2.71. The molecule has 0 aliphatic heterocycles. The molecule has 0 saturated carbocycles. The minimum atomic E-state index is -4.83. The molecule has 106 valence electrons. The first-order valence-corrected chi connectivity index (χ1v) is 5.04. The molecule has 0 spiro atoms. The number of carboxylic acids is 1. The van der Waals surface area contributed by atoms with Gasteiger partial charge in [0.1, 0.15) is 5.69 Å². The van der Waals surface area contributed by atoms with Crippen LogP contribution in [0.15, 0.2) is 22.7 Å². The lowest BCUT2D eigenvalue weighted by atomic mass is 10.0. The van der Waals surface area contributed by atoms with E-state index in [1.165, 1.54) is 0 Å². The Morgan fingerprint density at radius 1 is 1.25 bits per heavy atom. The van der Waals surface area contributed by atoms with Gasteiger partial charge < -0.3 is 19.8 Å². The van der Waals surface area contributed by atoms with E-state index in [-0.39, 0.29) is 0 Å². The maximum Gasteiger partial charge on any atom is 0.417 e. The number of phenolic OH excluding ortho intramolecular Hbond substituents is 2. The lowest BCUT2D eigenvalue weighted by Gasteiger charge is -2.13. The highest BCUT2D eigenvalue weighted by Gasteiger charge is 2.37. The fourth-order valence-electron chi connectivity index (χ4n) is 1.57. The summed E-state index contributed by atoms with van der Waals surface area (Å²) in [5.74, 6) is -4.09. The van der Waals surface area contributed by atoms with E-state index in [2.05, 4.69) is 9.68 Å². The Bertz CT molecular complexity index is 677. The number of carboxylic acid groups (broad SMARTS) is 1. The summed E-state index contributed by atoms with van der Waals surface area (Å²) < 4.78 is 42.9. The number of hydrogen-bond donors (Lipinski definition) is 3. The Morgan fingerprint density at radius 3 is 2.40 bits per heavy atom. The van der Waals surface area contributed by atoms with Crippen LogP contribution in [0.25, 0.3) is 11.3 Å². The number of alkyl halides is 3. The second-order valence-corrected chi connectivity index (χ2v) is 3.74. The summed E-state index contributed by atoms with van der Waals surface area (Å²) in [6.07, 6.45) is -4.83. The van der Waals surface area contributed by atoms with E-state index in [1.54, 1.807) is 0 Å². The second-order valence-electron chi connectivity index (χ2n) is 3.74. The summed E-state index contributed by atoms with van der Waals surface area (Å²) in [6, 6.07) is 1.92. The largest absolute Gasteiger partial charge is 0.504 e. The molecule has 0 amide bonds. The highest BCUT2D eigenvalue weighted by molar-refractivity contribution is 5.86. The number of nitrogens with zero attached hydrogens (tertiary/aromatic N) is 1. The van der Waals surface area contributed by atoms with Gasteiger partial charge in [-0.05, 0) is 12.1 Å². The van der Waals surface area contributed by atoms with Crippen molar-refractivity contribution in [1.82, 2.24) is 5.16 Å². The van der Waals surface area contributed by atoms with Crippen molar-refractivity contribution in [3.8, 4) is 22.8 Å². The van der Waals surface area contributed by atoms with Gasteiger partial charge in [-0.1, -0.05) is 5.16 Å². The standard InChI is InChI=1S/C11H6F3NO5/c12-11(13,14)4-1-2-6(16)9(17)8(4)5-3-7(10(18)19)20-15-5/h1-3,16-17H,(H,18,19). The minimum absolute atomic E-state index is 0.541. The molecule has 0 atom stereocenters. The monoisotopic (exact) mass is 289 g/mol. The van der Waals surface area contributed by atoms with Gasteiger partial charge in [0, 0.05) is 6.07 Å². The number of aromatic carboxylic acids is 1. The quantitative estimate of drug-likeness (QED) is 0.734. The van der Waals surface area contributed by atoms with Crippen molar-refractivity contribution < 1.29 is 37.8 Å². The smallest absolute Gasteiger partial charge is 0.417 e. The van der Waals surface area contributed by atoms with Gasteiger partial charge in [-0.3, -0.25) is 0 Å². The van der Waals surface area contributed by atoms with Gasteiger partial charge in [0.2, 0.25) is 5.76 Å². The van der Waals surface area contributed by atoms with Crippen molar-refractivity contribution in [1.29, 1.82) is 0 Å². The summed E-state index contributed by atoms with van der Waals surface area (Å²) in [6.45, 7) is 0. The van der Waals surface area contributed by atoms with Crippen molar-refractivity contribution in [3.05, 3.63) is 29.5 Å². The highest BCUT2D eigenvalue weighted by atomic mass is 19.4. The van der Waals surface area contributed by atoms with Crippen molar-refractivity contribution in [2.45, 2.75) is 6.18 Å². The molecule has 20 heavy (non-hydrogen) atoms. The van der Waals surface area contributed by atoms with Gasteiger partial charge in [-0.25, -0.2) is 4.79 Å². The summed E-state index contributed by atoms with van der Waals surface area (Å²) >= 11 is 0. The van der Waals surface area contributed by atoms with E-state index < -0.39 is 46.2 Å². The first kappa shape index (κ1) is 13.7. The molecule has 6 nitrogen and oxygen atoms in total. The molecule has 0 unspecified atom stereocenters. The molecule has 0 bridgehead atoms. The Balaban J connectivity index is 2.70. The van der Waals surface area contributed by atoms with E-state index in [0.29, 0.717) is 18.2 Å². The number of rotatable bonds is 2. The maximum atomic E-state index is 12.8. The predicted octanol–water partition coefficient (Wildman–Crippen LogP) is 2.47. The van der Waals surface area contributed by atoms with Crippen molar-refractivity contribution in [2.75, 3.05) is 0 Å². The van der Waals surface area contributed by atoms with E-state index in [4.69, 9.17) is 5.11 Å². The van der Waals surface area contributed by atoms with Gasteiger partial charge >= 0.3 is 12.1 Å². The molecule has 1 aromatic carbocycles. The molecular formula is C11H6F3NO5. The van der Waals surface area contributed by atoms with Crippen LogP contribution in [-0.2, 0) is 6.18 Å². The van der Waals surface area contributed by atoms with E-state index in [9.17, 15) is 28.2 Å². The van der Waals surface area contributed by atoms with E-state index in [1.807, 2.05) is 0 Å². The van der Waals surface area contributed by atoms with Gasteiger partial charge in [-0.2, -0.15) is 13.2 Å². The molecule has 0 fully saturated rings. The number of aromatic hydroxyl groups is 2. The first-order valence-electron chi connectivity index (χ1n) is 5.04. The van der Waals surface area contributed by atoms with E-state index >= 15 is 0 Å². The third kappa shape index (κ3) is 2.25. The second kappa shape index (κ2) is 4.44. The number of hydrogen-bond acceptors (Lipinski definition) is 5. The maximum absolute atomic E-state index is 12.8. The number of carbonyl (C=O) groups is 1. The topological polar surface area (TPSA) is 104 Å². The third-order valence-electron chi connectivity index (χ3n) is 2.44. The molecule has 3 N–H and O–H groups in total. The fourth-order valence-corrected chi connectivity index (χ4v) is 1.57. The zero-order valence-corrected chi connectivity index (χ0v) is 9.47. The van der Waals surface area contributed by atoms with Crippen LogP contribution in [0.2, 0.25) is 0 Å². The third-order valence-corrected chi connectivity index (χ3v) is 2.44. The van der Waals surface area contributed by atoms with Crippen LogP contribution < -0.4 is 0 Å². The van der Waals surface area contributed by atoms with Crippen molar-refractivity contribution >= 4 is 5.97 Å². The van der Waals surface area contributed by atoms with E-state index in [0.717, 1.165) is 0 Å². The molecular weight excluding hydrogens is 283 g/mol. The average Bonchev–Trinajstić information content (AvgIpc) is 2.80. The molecule has 2 rings (SSSR count). The van der Waals surface area contributed by atoms with Gasteiger partial charge in [0.15, 0.2) is 11.5 Å². The Morgan fingerprint density at radius 2 is 1.90 bits per heavy atom. The molecule has 1 aromatic heterocycles. The fraction of sp³-hybridized carbons (Fsp3) is 0.0909. The lowest BCUT2D eigenvalue weighted by Crippen LogP contribution is -2.07. The Labute approximate surface area is 108 Å². The zero-order chi connectivity index (χ0) is 15.1. The predicted molar refractivity (Wildman–Crippen MR) is 57.2 cm³/mol. The van der Waals surface area contributed by atoms with Crippen LogP contribution in [0.4, 0.5) is 13.2 Å². The molecule has 0 radical (unpaired) electrons. The number of halogens is 3. The van der Waals surface area contributed by atoms with Crippen molar-refractivity contribution in [2.24, 2.45) is 0 Å². The van der Waals surface area contributed by atoms with Gasteiger partial charge in [-0.15, -0.1) is 0 Å². The number of aromatic nitrogens is 1.